The third-order valence-electron chi connectivity index (χ3n) is 3.77. The molecular formula is C15H21NO3S. The lowest BCUT2D eigenvalue weighted by atomic mass is 10.0. The molecule has 1 aromatic carbocycles. The van der Waals surface area contributed by atoms with Gasteiger partial charge in [0.1, 0.15) is 0 Å². The molecule has 5 heteroatoms. The standard InChI is InChI=1S/C15H21NO3S/c1-20(18,19)16-11-7-3-6-10-14(16)12-15(17)13-8-4-2-5-9-13/h2,4-5,8-9,14H,3,6-7,10-12H2,1H3. The van der Waals surface area contributed by atoms with Crippen molar-refractivity contribution < 1.29 is 13.2 Å². The van der Waals surface area contributed by atoms with Gasteiger partial charge in [0.25, 0.3) is 0 Å². The average molecular weight is 295 g/mol. The van der Waals surface area contributed by atoms with Crippen LogP contribution in [-0.2, 0) is 10.0 Å². The van der Waals surface area contributed by atoms with Gasteiger partial charge in [0, 0.05) is 24.6 Å². The summed E-state index contributed by atoms with van der Waals surface area (Å²) in [6.07, 6.45) is 5.17. The molecule has 0 amide bonds. The van der Waals surface area contributed by atoms with Crippen LogP contribution in [0.2, 0.25) is 0 Å². The summed E-state index contributed by atoms with van der Waals surface area (Å²) in [5.41, 5.74) is 0.658. The number of hydrogen-bond acceptors (Lipinski definition) is 3. The molecule has 0 aromatic heterocycles. The van der Waals surface area contributed by atoms with Gasteiger partial charge in [-0.2, -0.15) is 4.31 Å². The van der Waals surface area contributed by atoms with Crippen LogP contribution in [0, 0.1) is 0 Å². The number of ketones is 1. The minimum absolute atomic E-state index is 0.0196. The van der Waals surface area contributed by atoms with Gasteiger partial charge in [-0.3, -0.25) is 4.79 Å². The summed E-state index contributed by atoms with van der Waals surface area (Å²) in [6, 6.07) is 8.89. The normalized spacial score (nSPS) is 21.4. The highest BCUT2D eigenvalue weighted by atomic mass is 32.2. The number of carbonyl (C=O) groups is 1. The molecule has 20 heavy (non-hydrogen) atoms. The third kappa shape index (κ3) is 3.90. The molecule has 1 unspecified atom stereocenters. The molecule has 0 saturated carbocycles. The predicted octanol–water partition coefficient (Wildman–Crippen LogP) is 2.46. The first-order valence-corrected chi connectivity index (χ1v) is 8.88. The third-order valence-corrected chi connectivity index (χ3v) is 5.10. The number of carbonyl (C=O) groups excluding carboxylic acids is 1. The molecule has 1 heterocycles. The molecular weight excluding hydrogens is 274 g/mol. The molecule has 110 valence electrons. The maximum absolute atomic E-state index is 12.3. The Labute approximate surface area is 120 Å². The van der Waals surface area contributed by atoms with Crippen LogP contribution in [0.3, 0.4) is 0 Å². The van der Waals surface area contributed by atoms with Crippen molar-refractivity contribution in [3.63, 3.8) is 0 Å². The van der Waals surface area contributed by atoms with Crippen LogP contribution in [0.25, 0.3) is 0 Å². The molecule has 4 nitrogen and oxygen atoms in total. The predicted molar refractivity (Wildman–Crippen MR) is 79.2 cm³/mol. The first-order valence-electron chi connectivity index (χ1n) is 7.03. The Morgan fingerprint density at radius 3 is 2.55 bits per heavy atom. The Bertz CT molecular complexity index is 554. The van der Waals surface area contributed by atoms with Gasteiger partial charge in [-0.05, 0) is 12.8 Å². The summed E-state index contributed by atoms with van der Waals surface area (Å²) in [5.74, 6) is 0.0196. The smallest absolute Gasteiger partial charge is 0.211 e. The van der Waals surface area contributed by atoms with Crippen molar-refractivity contribution in [2.45, 2.75) is 38.1 Å². The van der Waals surface area contributed by atoms with E-state index < -0.39 is 10.0 Å². The topological polar surface area (TPSA) is 54.5 Å². The van der Waals surface area contributed by atoms with Gasteiger partial charge in [-0.25, -0.2) is 8.42 Å². The van der Waals surface area contributed by atoms with Crippen LogP contribution < -0.4 is 0 Å². The summed E-state index contributed by atoms with van der Waals surface area (Å²) in [5, 5.41) is 0. The van der Waals surface area contributed by atoms with Crippen LogP contribution in [0.5, 0.6) is 0 Å². The highest BCUT2D eigenvalue weighted by Crippen LogP contribution is 2.23. The van der Waals surface area contributed by atoms with Crippen LogP contribution in [0.15, 0.2) is 30.3 Å². The van der Waals surface area contributed by atoms with Crippen molar-refractivity contribution in [1.82, 2.24) is 4.31 Å². The second-order valence-electron chi connectivity index (χ2n) is 5.37. The Balaban J connectivity index is 2.14. The first kappa shape index (κ1) is 15.2. The fourth-order valence-electron chi connectivity index (χ4n) is 2.75. The van der Waals surface area contributed by atoms with Gasteiger partial charge < -0.3 is 0 Å². The number of hydrogen-bond donors (Lipinski definition) is 0. The Kier molecular flexibility index (Phi) is 4.94. The minimum Gasteiger partial charge on any atom is -0.294 e. The molecule has 1 saturated heterocycles. The van der Waals surface area contributed by atoms with Crippen LogP contribution >= 0.6 is 0 Å². The van der Waals surface area contributed by atoms with E-state index >= 15 is 0 Å². The molecule has 1 aromatic rings. The summed E-state index contributed by atoms with van der Waals surface area (Å²) in [6.45, 7) is 0.533. The van der Waals surface area contributed by atoms with Gasteiger partial charge in [0.15, 0.2) is 5.78 Å². The molecule has 1 aliphatic rings. The van der Waals surface area contributed by atoms with Crippen LogP contribution in [0.1, 0.15) is 42.5 Å². The van der Waals surface area contributed by atoms with E-state index in [-0.39, 0.29) is 18.2 Å². The quantitative estimate of drug-likeness (QED) is 0.802. The van der Waals surface area contributed by atoms with E-state index in [2.05, 4.69) is 0 Å². The van der Waals surface area contributed by atoms with E-state index in [1.165, 1.54) is 10.6 Å². The molecule has 0 bridgehead atoms. The molecule has 0 radical (unpaired) electrons. The zero-order valence-electron chi connectivity index (χ0n) is 11.8. The van der Waals surface area contributed by atoms with Gasteiger partial charge in [0.2, 0.25) is 10.0 Å². The summed E-state index contributed by atoms with van der Waals surface area (Å²) >= 11 is 0. The molecule has 0 aliphatic carbocycles. The highest BCUT2D eigenvalue weighted by Gasteiger charge is 2.29. The van der Waals surface area contributed by atoms with Gasteiger partial charge in [-0.1, -0.05) is 43.2 Å². The van der Waals surface area contributed by atoms with Crippen molar-refractivity contribution in [3.8, 4) is 0 Å². The van der Waals surface area contributed by atoms with E-state index in [4.69, 9.17) is 0 Å². The van der Waals surface area contributed by atoms with Crippen molar-refractivity contribution in [2.75, 3.05) is 12.8 Å². The largest absolute Gasteiger partial charge is 0.294 e. The van der Waals surface area contributed by atoms with Crippen LogP contribution in [-0.4, -0.2) is 37.3 Å². The Morgan fingerprint density at radius 2 is 1.90 bits per heavy atom. The summed E-state index contributed by atoms with van der Waals surface area (Å²) in [7, 11) is -3.25. The van der Waals surface area contributed by atoms with E-state index in [1.807, 2.05) is 18.2 Å². The lowest BCUT2D eigenvalue weighted by molar-refractivity contribution is 0.0953. The lowest BCUT2D eigenvalue weighted by Crippen LogP contribution is -2.40. The minimum atomic E-state index is -3.25. The lowest BCUT2D eigenvalue weighted by Gasteiger charge is -2.27. The first-order chi connectivity index (χ1) is 9.48. The maximum Gasteiger partial charge on any atom is 0.211 e. The number of benzene rings is 1. The molecule has 0 N–H and O–H groups in total. The second-order valence-corrected chi connectivity index (χ2v) is 7.31. The number of rotatable bonds is 4. The molecule has 1 aliphatic heterocycles. The fraction of sp³-hybridized carbons (Fsp3) is 0.533. The SMILES string of the molecule is CS(=O)(=O)N1CCCCCC1CC(=O)c1ccccc1. The zero-order valence-corrected chi connectivity index (χ0v) is 12.6. The van der Waals surface area contributed by atoms with Gasteiger partial charge in [-0.15, -0.1) is 0 Å². The number of sulfonamides is 1. The molecule has 0 spiro atoms. The van der Waals surface area contributed by atoms with E-state index in [0.717, 1.165) is 25.7 Å². The number of Topliss-reactive ketones (excluding diaryl/α,β-unsaturated/α-hetero) is 1. The Hall–Kier alpha value is -1.20. The monoisotopic (exact) mass is 295 g/mol. The van der Waals surface area contributed by atoms with E-state index in [0.29, 0.717) is 12.1 Å². The van der Waals surface area contributed by atoms with Gasteiger partial charge >= 0.3 is 0 Å². The summed E-state index contributed by atoms with van der Waals surface area (Å²) < 4.78 is 25.3. The zero-order chi connectivity index (χ0) is 14.6. The number of nitrogens with zero attached hydrogens (tertiary/aromatic N) is 1. The van der Waals surface area contributed by atoms with Crippen molar-refractivity contribution in [1.29, 1.82) is 0 Å². The highest BCUT2D eigenvalue weighted by molar-refractivity contribution is 7.88. The Morgan fingerprint density at radius 1 is 1.20 bits per heavy atom. The van der Waals surface area contributed by atoms with E-state index in [9.17, 15) is 13.2 Å². The van der Waals surface area contributed by atoms with Crippen molar-refractivity contribution in [2.24, 2.45) is 0 Å². The van der Waals surface area contributed by atoms with E-state index in [1.54, 1.807) is 12.1 Å². The molecule has 1 fully saturated rings. The average Bonchev–Trinajstić information content (AvgIpc) is 2.64. The fourth-order valence-corrected chi connectivity index (χ4v) is 3.93. The summed E-state index contributed by atoms with van der Waals surface area (Å²) in [4.78, 5) is 12.3. The second kappa shape index (κ2) is 6.50. The maximum atomic E-state index is 12.3. The van der Waals surface area contributed by atoms with Crippen LogP contribution in [0.4, 0.5) is 0 Å². The molecule has 1 atom stereocenters. The van der Waals surface area contributed by atoms with Crippen molar-refractivity contribution in [3.05, 3.63) is 35.9 Å². The van der Waals surface area contributed by atoms with Crippen molar-refractivity contribution >= 4 is 15.8 Å². The molecule has 2 rings (SSSR count). The van der Waals surface area contributed by atoms with Gasteiger partial charge in [0.05, 0.1) is 6.26 Å².